The topological polar surface area (TPSA) is 12.4 Å². The molecule has 1 unspecified atom stereocenters. The van der Waals surface area contributed by atoms with Crippen LogP contribution in [0.3, 0.4) is 0 Å². The summed E-state index contributed by atoms with van der Waals surface area (Å²) < 4.78 is 27.4. The minimum atomic E-state index is -3.04. The molecule has 0 heterocycles. The van der Waals surface area contributed by atoms with Gasteiger partial charge in [-0.05, 0) is 18.6 Å². The summed E-state index contributed by atoms with van der Waals surface area (Å²) in [7, 11) is 0. The summed E-state index contributed by atoms with van der Waals surface area (Å²) in [5.74, 6) is -3.04. The molecule has 0 amide bonds. The Kier molecular flexibility index (Phi) is 3.62. The average Bonchev–Trinajstić information content (AvgIpc) is 2.33. The number of hydrogen-bond acceptors (Lipinski definition) is 1. The standard InChI is InChI=1S/C14H12ClF2N/c1-10(11-5-3-2-4-6-11)18-13-8-7-12(15)9-14(13,16)17/h2-9,13H,1H3. The third-order valence-corrected chi connectivity index (χ3v) is 2.92. The molecule has 1 aromatic carbocycles. The number of alkyl halides is 2. The van der Waals surface area contributed by atoms with E-state index in [4.69, 9.17) is 11.6 Å². The highest BCUT2D eigenvalue weighted by Crippen LogP contribution is 2.31. The average molecular weight is 268 g/mol. The highest BCUT2D eigenvalue weighted by Gasteiger charge is 2.37. The maximum absolute atomic E-state index is 13.7. The number of halogens is 3. The number of benzene rings is 1. The molecule has 0 aromatic heterocycles. The second-order valence-electron chi connectivity index (χ2n) is 4.09. The molecule has 0 aliphatic heterocycles. The van der Waals surface area contributed by atoms with Gasteiger partial charge >= 0.3 is 0 Å². The lowest BCUT2D eigenvalue weighted by Crippen LogP contribution is -2.31. The molecular weight excluding hydrogens is 256 g/mol. The van der Waals surface area contributed by atoms with E-state index in [0.29, 0.717) is 5.71 Å². The van der Waals surface area contributed by atoms with Crippen molar-refractivity contribution in [1.29, 1.82) is 0 Å². The molecule has 1 aromatic rings. The lowest BCUT2D eigenvalue weighted by Gasteiger charge is -2.22. The predicted molar refractivity (Wildman–Crippen MR) is 70.5 cm³/mol. The van der Waals surface area contributed by atoms with Crippen LogP contribution in [0.1, 0.15) is 12.5 Å². The lowest BCUT2D eigenvalue weighted by atomic mass is 10.0. The molecule has 1 atom stereocenters. The molecule has 1 aliphatic rings. The fraction of sp³-hybridized carbons (Fsp3) is 0.214. The van der Waals surface area contributed by atoms with Crippen LogP contribution in [0.15, 0.2) is 58.6 Å². The number of rotatable bonds is 2. The second kappa shape index (κ2) is 5.02. The molecule has 0 radical (unpaired) electrons. The summed E-state index contributed by atoms with van der Waals surface area (Å²) in [6.45, 7) is 1.72. The second-order valence-corrected chi connectivity index (χ2v) is 4.52. The van der Waals surface area contributed by atoms with Crippen molar-refractivity contribution in [3.63, 3.8) is 0 Å². The SMILES string of the molecule is CC(=NC1C=CC(Cl)=CC1(F)F)c1ccccc1. The Labute approximate surface area is 109 Å². The number of hydrogen-bond donors (Lipinski definition) is 0. The van der Waals surface area contributed by atoms with E-state index in [0.717, 1.165) is 11.6 Å². The van der Waals surface area contributed by atoms with Gasteiger partial charge in [-0.25, -0.2) is 0 Å². The third-order valence-electron chi connectivity index (χ3n) is 2.69. The van der Waals surface area contributed by atoms with Gasteiger partial charge in [0.2, 0.25) is 0 Å². The molecule has 18 heavy (non-hydrogen) atoms. The van der Waals surface area contributed by atoms with Crippen molar-refractivity contribution >= 4 is 17.3 Å². The van der Waals surface area contributed by atoms with Crippen LogP contribution < -0.4 is 0 Å². The number of nitrogens with zero attached hydrogens (tertiary/aromatic N) is 1. The van der Waals surface area contributed by atoms with E-state index in [1.165, 1.54) is 12.2 Å². The largest absolute Gasteiger partial charge is 0.293 e. The molecule has 0 saturated carbocycles. The summed E-state index contributed by atoms with van der Waals surface area (Å²) in [6.07, 6.45) is 3.52. The van der Waals surface area contributed by atoms with E-state index in [2.05, 4.69) is 4.99 Å². The van der Waals surface area contributed by atoms with Gasteiger partial charge in [0.1, 0.15) is 6.04 Å². The maximum Gasteiger partial charge on any atom is 0.293 e. The molecule has 0 saturated heterocycles. The summed E-state index contributed by atoms with van der Waals surface area (Å²) >= 11 is 5.57. The Morgan fingerprint density at radius 3 is 2.56 bits per heavy atom. The zero-order chi connectivity index (χ0) is 13.2. The summed E-state index contributed by atoms with van der Waals surface area (Å²) in [6, 6.07) is 8.05. The Bertz CT molecular complexity index is 518. The first-order chi connectivity index (χ1) is 8.49. The van der Waals surface area contributed by atoms with Crippen molar-refractivity contribution in [2.24, 2.45) is 4.99 Å². The van der Waals surface area contributed by atoms with Crippen LogP contribution in [0.25, 0.3) is 0 Å². The van der Waals surface area contributed by atoms with Gasteiger partial charge in [0.05, 0.1) is 0 Å². The van der Waals surface area contributed by atoms with E-state index in [1.54, 1.807) is 6.92 Å². The molecular formula is C14H12ClF2N. The zero-order valence-electron chi connectivity index (χ0n) is 9.78. The fourth-order valence-electron chi connectivity index (χ4n) is 1.72. The lowest BCUT2D eigenvalue weighted by molar-refractivity contribution is 0.0408. The Hall–Kier alpha value is -1.48. The minimum Gasteiger partial charge on any atom is -0.275 e. The van der Waals surface area contributed by atoms with Gasteiger partial charge in [0, 0.05) is 16.8 Å². The molecule has 0 fully saturated rings. The van der Waals surface area contributed by atoms with Gasteiger partial charge in [-0.3, -0.25) is 4.99 Å². The molecule has 1 nitrogen and oxygen atoms in total. The highest BCUT2D eigenvalue weighted by molar-refractivity contribution is 6.31. The summed E-state index contributed by atoms with van der Waals surface area (Å²) in [5.41, 5.74) is 1.42. The molecule has 0 bridgehead atoms. The van der Waals surface area contributed by atoms with Crippen LogP contribution in [0, 0.1) is 0 Å². The van der Waals surface area contributed by atoms with Crippen molar-refractivity contribution in [2.45, 2.75) is 18.9 Å². The van der Waals surface area contributed by atoms with Crippen LogP contribution in [0.5, 0.6) is 0 Å². The minimum absolute atomic E-state index is 0.0452. The first-order valence-electron chi connectivity index (χ1n) is 5.53. The summed E-state index contributed by atoms with van der Waals surface area (Å²) in [4.78, 5) is 4.07. The fourth-order valence-corrected chi connectivity index (χ4v) is 1.94. The Morgan fingerprint density at radius 2 is 1.94 bits per heavy atom. The van der Waals surface area contributed by atoms with E-state index >= 15 is 0 Å². The van der Waals surface area contributed by atoms with Crippen LogP contribution in [-0.2, 0) is 0 Å². The predicted octanol–water partition coefficient (Wildman–Crippen LogP) is 4.19. The first kappa shape index (κ1) is 13.0. The van der Waals surface area contributed by atoms with Gasteiger partial charge in [-0.1, -0.05) is 48.0 Å². The molecule has 1 aliphatic carbocycles. The first-order valence-corrected chi connectivity index (χ1v) is 5.91. The van der Waals surface area contributed by atoms with E-state index in [-0.39, 0.29) is 5.03 Å². The third kappa shape index (κ3) is 2.85. The number of aliphatic imine (C=N–C) groups is 1. The van der Waals surface area contributed by atoms with Crippen LogP contribution in [-0.4, -0.2) is 17.7 Å². The zero-order valence-corrected chi connectivity index (χ0v) is 10.5. The maximum atomic E-state index is 13.7. The van der Waals surface area contributed by atoms with Crippen molar-refractivity contribution < 1.29 is 8.78 Å². The van der Waals surface area contributed by atoms with Gasteiger partial charge in [-0.2, -0.15) is 8.78 Å². The van der Waals surface area contributed by atoms with Crippen LogP contribution >= 0.6 is 11.6 Å². The van der Waals surface area contributed by atoms with Crippen molar-refractivity contribution in [3.05, 3.63) is 59.2 Å². The van der Waals surface area contributed by atoms with E-state index < -0.39 is 12.0 Å². The molecule has 2 rings (SSSR count). The van der Waals surface area contributed by atoms with Crippen LogP contribution in [0.4, 0.5) is 8.78 Å². The monoisotopic (exact) mass is 267 g/mol. The van der Waals surface area contributed by atoms with Crippen LogP contribution in [0.2, 0.25) is 0 Å². The van der Waals surface area contributed by atoms with Crippen molar-refractivity contribution in [2.75, 3.05) is 0 Å². The highest BCUT2D eigenvalue weighted by atomic mass is 35.5. The molecule has 0 N–H and O–H groups in total. The smallest absolute Gasteiger partial charge is 0.275 e. The normalized spacial score (nSPS) is 22.8. The van der Waals surface area contributed by atoms with Gasteiger partial charge < -0.3 is 0 Å². The van der Waals surface area contributed by atoms with Crippen molar-refractivity contribution in [1.82, 2.24) is 0 Å². The Morgan fingerprint density at radius 1 is 1.28 bits per heavy atom. The van der Waals surface area contributed by atoms with Crippen molar-refractivity contribution in [3.8, 4) is 0 Å². The van der Waals surface area contributed by atoms with E-state index in [1.807, 2.05) is 30.3 Å². The van der Waals surface area contributed by atoms with Gasteiger partial charge in [0.25, 0.3) is 5.92 Å². The van der Waals surface area contributed by atoms with E-state index in [9.17, 15) is 8.78 Å². The quantitative estimate of drug-likeness (QED) is 0.713. The molecule has 0 spiro atoms. The number of allylic oxidation sites excluding steroid dienone is 2. The Balaban J connectivity index is 2.27. The van der Waals surface area contributed by atoms with Gasteiger partial charge in [0.15, 0.2) is 0 Å². The van der Waals surface area contributed by atoms with Gasteiger partial charge in [-0.15, -0.1) is 0 Å². The molecule has 4 heteroatoms. The molecule has 94 valence electrons. The summed E-state index contributed by atoms with van der Waals surface area (Å²) in [5, 5.41) is 0.0452.